The third-order valence-corrected chi connectivity index (χ3v) is 7.24. The van der Waals surface area contributed by atoms with Crippen molar-refractivity contribution in [2.45, 2.75) is 55.7 Å². The number of anilines is 1. The van der Waals surface area contributed by atoms with E-state index in [2.05, 4.69) is 25.4 Å². The summed E-state index contributed by atoms with van der Waals surface area (Å²) in [5.74, 6) is 1.45. The lowest BCUT2D eigenvalue weighted by Gasteiger charge is -2.74. The van der Waals surface area contributed by atoms with E-state index in [0.717, 1.165) is 69.9 Å². The van der Waals surface area contributed by atoms with Crippen LogP contribution in [0.15, 0.2) is 18.5 Å². The summed E-state index contributed by atoms with van der Waals surface area (Å²) >= 11 is 0. The molecular weight excluding hydrogens is 392 g/mol. The summed E-state index contributed by atoms with van der Waals surface area (Å²) in [4.78, 5) is 11.5. The Morgan fingerprint density at radius 1 is 1.17 bits per heavy atom. The molecule has 0 unspecified atom stereocenters. The van der Waals surface area contributed by atoms with Gasteiger partial charge in [0, 0.05) is 42.5 Å². The molecular formula is C21H25F2N5O2. The Labute approximate surface area is 173 Å². The predicted octanol–water partition coefficient (Wildman–Crippen LogP) is 2.97. The minimum absolute atomic E-state index is 0.0484. The lowest BCUT2D eigenvalue weighted by atomic mass is 9.43. The molecule has 2 bridgehead atoms. The molecule has 0 radical (unpaired) electrons. The molecule has 3 heterocycles. The van der Waals surface area contributed by atoms with Gasteiger partial charge < -0.3 is 19.8 Å². The van der Waals surface area contributed by atoms with E-state index in [0.29, 0.717) is 17.0 Å². The van der Waals surface area contributed by atoms with Crippen molar-refractivity contribution in [3.05, 3.63) is 24.3 Å². The van der Waals surface area contributed by atoms with Crippen molar-refractivity contribution in [3.63, 3.8) is 0 Å². The van der Waals surface area contributed by atoms with Crippen molar-refractivity contribution < 1.29 is 18.3 Å². The molecule has 0 amide bonds. The van der Waals surface area contributed by atoms with Gasteiger partial charge in [-0.1, -0.05) is 0 Å². The van der Waals surface area contributed by atoms with Gasteiger partial charge in [0.15, 0.2) is 11.6 Å². The second-order valence-electron chi connectivity index (χ2n) is 9.19. The van der Waals surface area contributed by atoms with Crippen molar-refractivity contribution in [1.29, 1.82) is 0 Å². The molecule has 1 saturated heterocycles. The summed E-state index contributed by atoms with van der Waals surface area (Å²) < 4.78 is 37.8. The number of halogens is 2. The largest absolute Gasteiger partial charge is 0.431 e. The van der Waals surface area contributed by atoms with Gasteiger partial charge in [-0.25, -0.2) is 9.97 Å². The highest BCUT2D eigenvalue weighted by molar-refractivity contribution is 5.64. The van der Waals surface area contributed by atoms with E-state index in [1.54, 1.807) is 6.20 Å². The molecule has 5 fully saturated rings. The Bertz CT molecular complexity index is 964. The van der Waals surface area contributed by atoms with Crippen molar-refractivity contribution in [3.8, 4) is 17.0 Å². The second kappa shape index (κ2) is 6.37. The zero-order valence-electron chi connectivity index (χ0n) is 16.7. The first-order valence-corrected chi connectivity index (χ1v) is 10.6. The molecule has 5 aliphatic rings. The number of nitrogens with zero attached hydrogens (tertiary/aromatic N) is 4. The average Bonchev–Trinajstić information content (AvgIpc) is 3.42. The number of alkyl halides is 2. The minimum Gasteiger partial charge on any atom is -0.431 e. The SMILES string of the molecule is Nc1ncc(-c2cn(C34CC(N5CCOCC5)(C3)C4)c(C3CC3)n2)cc1OC(F)F. The average molecular weight is 417 g/mol. The number of morpholine rings is 1. The molecule has 2 aromatic rings. The van der Waals surface area contributed by atoms with Gasteiger partial charge in [-0.3, -0.25) is 4.90 Å². The molecule has 7 nitrogen and oxygen atoms in total. The lowest BCUT2D eigenvalue weighted by molar-refractivity contribution is -0.221. The van der Waals surface area contributed by atoms with Gasteiger partial charge in [0.1, 0.15) is 5.82 Å². The normalized spacial score (nSPS) is 30.8. The molecule has 0 atom stereocenters. The van der Waals surface area contributed by atoms with Gasteiger partial charge in [-0.2, -0.15) is 8.78 Å². The first-order valence-electron chi connectivity index (χ1n) is 10.6. The number of hydrogen-bond acceptors (Lipinski definition) is 6. The number of nitrogens with two attached hydrogens (primary N) is 1. The van der Waals surface area contributed by atoms with Crippen LogP contribution in [0.3, 0.4) is 0 Å². The molecule has 1 aliphatic heterocycles. The minimum atomic E-state index is -2.94. The first kappa shape index (κ1) is 18.5. The number of pyridine rings is 1. The third kappa shape index (κ3) is 2.75. The van der Waals surface area contributed by atoms with E-state index >= 15 is 0 Å². The van der Waals surface area contributed by atoms with Crippen LogP contribution < -0.4 is 10.5 Å². The van der Waals surface area contributed by atoms with Crippen molar-refractivity contribution in [2.75, 3.05) is 32.0 Å². The van der Waals surface area contributed by atoms with Gasteiger partial charge in [-0.15, -0.1) is 0 Å². The fourth-order valence-electron chi connectivity index (χ4n) is 5.64. The summed E-state index contributed by atoms with van der Waals surface area (Å²) in [5.41, 5.74) is 7.56. The van der Waals surface area contributed by atoms with Gasteiger partial charge in [0.05, 0.1) is 24.4 Å². The standard InChI is InChI=1S/C21H25F2N5O2/c22-19(23)30-16-7-14(8-25-17(16)24)15-9-28(18(26-15)13-1-2-13)21-10-20(11-21,12-21)27-3-5-29-6-4-27/h7-9,13,19H,1-6,10-12H2,(H2,24,25). The van der Waals surface area contributed by atoms with Gasteiger partial charge in [0.2, 0.25) is 0 Å². The van der Waals surface area contributed by atoms with E-state index in [9.17, 15) is 8.78 Å². The first-order chi connectivity index (χ1) is 14.5. The number of aromatic nitrogens is 3. The third-order valence-electron chi connectivity index (χ3n) is 7.24. The van der Waals surface area contributed by atoms with Crippen LogP contribution in [0, 0.1) is 0 Å². The number of ether oxygens (including phenoxy) is 2. The fraction of sp³-hybridized carbons (Fsp3) is 0.619. The molecule has 2 aromatic heterocycles. The number of rotatable bonds is 6. The van der Waals surface area contributed by atoms with Crippen molar-refractivity contribution in [2.24, 2.45) is 0 Å². The topological polar surface area (TPSA) is 78.4 Å². The number of imidazole rings is 1. The van der Waals surface area contributed by atoms with Crippen LogP contribution in [-0.4, -0.2) is 57.9 Å². The Hall–Kier alpha value is -2.26. The monoisotopic (exact) mass is 417 g/mol. The maximum absolute atomic E-state index is 12.7. The zero-order chi connectivity index (χ0) is 20.5. The summed E-state index contributed by atoms with van der Waals surface area (Å²) in [6.07, 6.45) is 9.41. The molecule has 9 heteroatoms. The Morgan fingerprint density at radius 2 is 1.90 bits per heavy atom. The van der Waals surface area contributed by atoms with Gasteiger partial charge in [-0.05, 0) is 38.2 Å². The van der Waals surface area contributed by atoms with Crippen LogP contribution in [0.2, 0.25) is 0 Å². The molecule has 2 N–H and O–H groups in total. The highest BCUT2D eigenvalue weighted by atomic mass is 19.3. The van der Waals surface area contributed by atoms with E-state index in [4.69, 9.17) is 15.5 Å². The molecule has 4 saturated carbocycles. The molecule has 160 valence electrons. The quantitative estimate of drug-likeness (QED) is 0.779. The highest BCUT2D eigenvalue weighted by Gasteiger charge is 2.71. The molecule has 0 spiro atoms. The van der Waals surface area contributed by atoms with E-state index in [-0.39, 0.29) is 17.1 Å². The molecule has 4 aliphatic carbocycles. The van der Waals surface area contributed by atoms with Crippen LogP contribution in [-0.2, 0) is 10.3 Å². The van der Waals surface area contributed by atoms with Gasteiger partial charge >= 0.3 is 6.61 Å². The Morgan fingerprint density at radius 3 is 2.57 bits per heavy atom. The zero-order valence-corrected chi connectivity index (χ0v) is 16.7. The Balaban J connectivity index is 1.29. The summed E-state index contributed by atoms with van der Waals surface area (Å²) in [6.45, 7) is 0.742. The molecule has 7 rings (SSSR count). The van der Waals surface area contributed by atoms with E-state index in [1.807, 2.05) is 0 Å². The summed E-state index contributed by atoms with van der Waals surface area (Å²) in [5, 5.41) is 0. The summed E-state index contributed by atoms with van der Waals surface area (Å²) in [7, 11) is 0. The fourth-order valence-corrected chi connectivity index (χ4v) is 5.64. The smallest absolute Gasteiger partial charge is 0.387 e. The van der Waals surface area contributed by atoms with Crippen LogP contribution >= 0.6 is 0 Å². The predicted molar refractivity (Wildman–Crippen MR) is 105 cm³/mol. The van der Waals surface area contributed by atoms with Crippen LogP contribution in [0.4, 0.5) is 14.6 Å². The molecule has 0 aromatic carbocycles. The maximum Gasteiger partial charge on any atom is 0.387 e. The number of hydrogen-bond donors (Lipinski definition) is 1. The number of nitrogen functional groups attached to an aromatic ring is 1. The van der Waals surface area contributed by atoms with E-state index in [1.165, 1.54) is 6.07 Å². The summed E-state index contributed by atoms with van der Waals surface area (Å²) in [6, 6.07) is 1.51. The Kier molecular flexibility index (Phi) is 3.93. The van der Waals surface area contributed by atoms with Gasteiger partial charge in [0.25, 0.3) is 0 Å². The lowest BCUT2D eigenvalue weighted by Crippen LogP contribution is -2.79. The van der Waals surface area contributed by atoms with Crippen LogP contribution in [0.25, 0.3) is 11.3 Å². The second-order valence-corrected chi connectivity index (χ2v) is 9.19. The van der Waals surface area contributed by atoms with E-state index < -0.39 is 6.61 Å². The van der Waals surface area contributed by atoms with Crippen LogP contribution in [0.1, 0.15) is 43.8 Å². The molecule has 30 heavy (non-hydrogen) atoms. The van der Waals surface area contributed by atoms with Crippen molar-refractivity contribution in [1.82, 2.24) is 19.4 Å². The highest BCUT2D eigenvalue weighted by Crippen LogP contribution is 2.69. The van der Waals surface area contributed by atoms with Crippen LogP contribution in [0.5, 0.6) is 5.75 Å². The van der Waals surface area contributed by atoms with Crippen molar-refractivity contribution >= 4 is 5.82 Å². The maximum atomic E-state index is 12.7.